The van der Waals surface area contributed by atoms with Crippen LogP contribution in [0.15, 0.2) is 41.2 Å². The number of rotatable bonds is 5. The lowest BCUT2D eigenvalue weighted by molar-refractivity contribution is -0.242. The number of aromatic nitrogens is 3. The van der Waals surface area contributed by atoms with Crippen LogP contribution in [-0.2, 0) is 4.89 Å². The summed E-state index contributed by atoms with van der Waals surface area (Å²) in [7, 11) is 1.58. The second-order valence-corrected chi connectivity index (χ2v) is 6.81. The first-order valence-electron chi connectivity index (χ1n) is 9.02. The number of hydrogen-bond donors (Lipinski definition) is 4. The van der Waals surface area contributed by atoms with E-state index in [0.29, 0.717) is 33.4 Å². The molecule has 2 aromatic carbocycles. The zero-order valence-electron chi connectivity index (χ0n) is 15.9. The Morgan fingerprint density at radius 3 is 2.80 bits per heavy atom. The van der Waals surface area contributed by atoms with Gasteiger partial charge in [-0.2, -0.15) is 0 Å². The monoisotopic (exact) mass is 411 g/mol. The molecule has 0 fully saturated rings. The minimum absolute atomic E-state index is 0.00953. The van der Waals surface area contributed by atoms with Crippen LogP contribution in [0.25, 0.3) is 33.3 Å². The lowest BCUT2D eigenvalue weighted by Gasteiger charge is -2.16. The summed E-state index contributed by atoms with van der Waals surface area (Å²) in [5.74, 6) is -0.752. The molecule has 2 aromatic heterocycles. The van der Waals surface area contributed by atoms with Crippen molar-refractivity contribution >= 4 is 33.5 Å². The summed E-state index contributed by atoms with van der Waals surface area (Å²) in [4.78, 5) is 40.5. The summed E-state index contributed by atoms with van der Waals surface area (Å²) < 4.78 is 13.4. The van der Waals surface area contributed by atoms with Gasteiger partial charge in [-0.1, -0.05) is 0 Å². The van der Waals surface area contributed by atoms with Crippen molar-refractivity contribution in [1.82, 2.24) is 19.9 Å². The first kappa shape index (κ1) is 19.6. The number of H-pyrrole nitrogens is 2. The molecule has 0 atom stereocenters. The van der Waals surface area contributed by atoms with Gasteiger partial charge in [0.25, 0.3) is 11.5 Å². The first-order chi connectivity index (χ1) is 14.4. The van der Waals surface area contributed by atoms with Crippen LogP contribution < -0.4 is 11.3 Å². The molecule has 30 heavy (non-hydrogen) atoms. The van der Waals surface area contributed by atoms with Crippen molar-refractivity contribution < 1.29 is 19.3 Å². The number of hydrogen-bond acceptors (Lipinski definition) is 6. The van der Waals surface area contributed by atoms with Gasteiger partial charge in [0, 0.05) is 30.1 Å². The third-order valence-electron chi connectivity index (χ3n) is 4.84. The van der Waals surface area contributed by atoms with Gasteiger partial charge in [0.15, 0.2) is 5.69 Å². The number of amides is 1. The van der Waals surface area contributed by atoms with Gasteiger partial charge in [-0.3, -0.25) is 14.8 Å². The Balaban J connectivity index is 1.78. The molecule has 5 N–H and O–H groups in total. The molecular formula is C20H18FN5O4. The van der Waals surface area contributed by atoms with E-state index in [9.17, 15) is 14.0 Å². The molecule has 9 nitrogen and oxygen atoms in total. The Hall–Kier alpha value is -3.76. The number of halogens is 1. The smallest absolute Gasteiger partial charge is 0.276 e. The summed E-state index contributed by atoms with van der Waals surface area (Å²) >= 11 is 0. The molecule has 0 saturated carbocycles. The molecule has 0 bridgehead atoms. The zero-order valence-corrected chi connectivity index (χ0v) is 15.9. The van der Waals surface area contributed by atoms with E-state index in [1.165, 1.54) is 23.1 Å². The molecule has 10 heteroatoms. The number of fused-ring (bicyclic) bond motifs is 2. The maximum Gasteiger partial charge on any atom is 0.276 e. The van der Waals surface area contributed by atoms with Gasteiger partial charge in [-0.25, -0.2) is 14.3 Å². The van der Waals surface area contributed by atoms with Crippen molar-refractivity contribution in [3.63, 3.8) is 0 Å². The van der Waals surface area contributed by atoms with E-state index in [4.69, 9.17) is 11.0 Å². The van der Waals surface area contributed by atoms with Crippen molar-refractivity contribution in [2.45, 2.75) is 0 Å². The molecule has 154 valence electrons. The SMILES string of the molecule is CN(CCOO)C(=O)c1ccc2c(N)c(-c3nc4ccc(F)cc4[nH]c3=O)[nH]c2c1. The second-order valence-electron chi connectivity index (χ2n) is 6.81. The molecular weight excluding hydrogens is 393 g/mol. The number of nitrogens with two attached hydrogens (primary N) is 1. The van der Waals surface area contributed by atoms with Gasteiger partial charge in [-0.05, 0) is 36.4 Å². The summed E-state index contributed by atoms with van der Waals surface area (Å²) in [6, 6.07) is 8.83. The molecule has 0 aliphatic rings. The lowest BCUT2D eigenvalue weighted by Crippen LogP contribution is -2.29. The van der Waals surface area contributed by atoms with Crippen molar-refractivity contribution in [2.75, 3.05) is 25.9 Å². The van der Waals surface area contributed by atoms with Crippen LogP contribution in [0.4, 0.5) is 10.1 Å². The van der Waals surface area contributed by atoms with Gasteiger partial charge in [0.05, 0.1) is 29.0 Å². The predicted octanol–water partition coefficient (Wildman–Crippen LogP) is 2.35. The quantitative estimate of drug-likeness (QED) is 0.294. The third-order valence-corrected chi connectivity index (χ3v) is 4.84. The number of nitrogens with one attached hydrogen (secondary N) is 2. The fourth-order valence-electron chi connectivity index (χ4n) is 3.27. The standard InChI is InChI=1S/C20H18FN5O4/c1-26(6-7-30-29)20(28)10-2-4-12-14(8-10)24-17(16(12)22)18-19(27)25-15-9-11(21)3-5-13(15)23-18/h2-5,8-9,24,29H,6-7,22H2,1H3,(H,25,27). The Morgan fingerprint density at radius 1 is 1.23 bits per heavy atom. The number of likely N-dealkylation sites (N-methyl/N-ethyl adjacent to an activating group) is 1. The van der Waals surface area contributed by atoms with Crippen molar-refractivity contribution in [2.24, 2.45) is 0 Å². The Bertz CT molecular complexity index is 1330. The minimum Gasteiger partial charge on any atom is -0.396 e. The normalized spacial score (nSPS) is 11.3. The lowest BCUT2D eigenvalue weighted by atomic mass is 10.1. The van der Waals surface area contributed by atoms with E-state index in [1.54, 1.807) is 25.2 Å². The minimum atomic E-state index is -0.522. The molecule has 1 amide bonds. The highest BCUT2D eigenvalue weighted by atomic mass is 19.1. The van der Waals surface area contributed by atoms with Gasteiger partial charge in [0.1, 0.15) is 5.82 Å². The van der Waals surface area contributed by atoms with Gasteiger partial charge in [-0.15, -0.1) is 0 Å². The van der Waals surface area contributed by atoms with E-state index in [1.807, 2.05) is 0 Å². The summed E-state index contributed by atoms with van der Waals surface area (Å²) in [6.45, 7) is 0.201. The first-order valence-corrected chi connectivity index (χ1v) is 9.02. The second kappa shape index (κ2) is 7.58. The zero-order chi connectivity index (χ0) is 21.4. The summed E-state index contributed by atoms with van der Waals surface area (Å²) in [5.41, 5.74) is 8.04. The number of aromatic amines is 2. The molecule has 0 aliphatic carbocycles. The highest BCUT2D eigenvalue weighted by molar-refractivity contribution is 6.04. The van der Waals surface area contributed by atoms with Crippen molar-refractivity contribution in [3.05, 3.63) is 58.1 Å². The fourth-order valence-corrected chi connectivity index (χ4v) is 3.27. The number of benzene rings is 2. The largest absolute Gasteiger partial charge is 0.396 e. The van der Waals surface area contributed by atoms with Crippen LogP contribution in [0.5, 0.6) is 0 Å². The maximum absolute atomic E-state index is 13.4. The molecule has 0 aliphatic heterocycles. The molecule has 0 radical (unpaired) electrons. The van der Waals surface area contributed by atoms with E-state index in [2.05, 4.69) is 19.8 Å². The Kier molecular flexibility index (Phi) is 4.94. The number of anilines is 1. The van der Waals surface area contributed by atoms with E-state index in [-0.39, 0.29) is 30.3 Å². The molecule has 0 saturated heterocycles. The van der Waals surface area contributed by atoms with Crippen molar-refractivity contribution in [1.29, 1.82) is 0 Å². The van der Waals surface area contributed by atoms with Crippen molar-refractivity contribution in [3.8, 4) is 11.4 Å². The third kappa shape index (κ3) is 3.38. The molecule has 0 unspecified atom stereocenters. The van der Waals surface area contributed by atoms with Crippen LogP contribution in [-0.4, -0.2) is 51.2 Å². The van der Waals surface area contributed by atoms with Crippen LogP contribution in [0.3, 0.4) is 0 Å². The Morgan fingerprint density at radius 2 is 2.03 bits per heavy atom. The number of nitrogen functional groups attached to an aromatic ring is 1. The van der Waals surface area contributed by atoms with Gasteiger partial charge < -0.3 is 20.6 Å². The van der Waals surface area contributed by atoms with Gasteiger partial charge in [0.2, 0.25) is 0 Å². The number of nitrogens with zero attached hydrogens (tertiary/aromatic N) is 2. The maximum atomic E-state index is 13.4. The van der Waals surface area contributed by atoms with Crippen LogP contribution in [0.2, 0.25) is 0 Å². The Labute approximate surface area is 168 Å². The van der Waals surface area contributed by atoms with E-state index >= 15 is 0 Å². The van der Waals surface area contributed by atoms with Gasteiger partial charge >= 0.3 is 0 Å². The number of carbonyl (C=O) groups is 1. The topological polar surface area (TPSA) is 137 Å². The number of carbonyl (C=O) groups excluding carboxylic acids is 1. The van der Waals surface area contributed by atoms with E-state index in [0.717, 1.165) is 0 Å². The van der Waals surface area contributed by atoms with Crippen LogP contribution in [0.1, 0.15) is 10.4 Å². The molecule has 2 heterocycles. The van der Waals surface area contributed by atoms with Crippen LogP contribution >= 0.6 is 0 Å². The highest BCUT2D eigenvalue weighted by Crippen LogP contribution is 2.31. The highest BCUT2D eigenvalue weighted by Gasteiger charge is 2.18. The predicted molar refractivity (Wildman–Crippen MR) is 110 cm³/mol. The molecule has 4 rings (SSSR count). The molecule has 0 spiro atoms. The average molecular weight is 411 g/mol. The van der Waals surface area contributed by atoms with Crippen LogP contribution in [0, 0.1) is 5.82 Å². The summed E-state index contributed by atoms with van der Waals surface area (Å²) in [5, 5.41) is 9.07. The van der Waals surface area contributed by atoms with E-state index < -0.39 is 11.4 Å². The summed E-state index contributed by atoms with van der Waals surface area (Å²) in [6.07, 6.45) is 0. The fraction of sp³-hybridized carbons (Fsp3) is 0.150. The average Bonchev–Trinajstić information content (AvgIpc) is 3.06. The molecule has 4 aromatic rings.